The lowest BCUT2D eigenvalue weighted by Crippen LogP contribution is -2.26. The van der Waals surface area contributed by atoms with E-state index in [4.69, 9.17) is 9.26 Å². The number of nitrogens with zero attached hydrogens (tertiary/aromatic N) is 3. The summed E-state index contributed by atoms with van der Waals surface area (Å²) < 4.78 is 12.1. The maximum absolute atomic E-state index is 12.6. The van der Waals surface area contributed by atoms with E-state index in [1.54, 1.807) is 40.8 Å². The number of aromatic amines is 1. The Bertz CT molecular complexity index is 969. The van der Waals surface area contributed by atoms with E-state index in [2.05, 4.69) is 10.1 Å². The first-order valence-corrected chi connectivity index (χ1v) is 8.47. The minimum Gasteiger partial charge on any atom is -0.380 e. The van der Waals surface area contributed by atoms with Crippen LogP contribution < -0.4 is 5.69 Å². The molecule has 0 atom stereocenters. The lowest BCUT2D eigenvalue weighted by atomic mass is 10.1. The number of hydrogen-bond acceptors (Lipinski definition) is 5. The van der Waals surface area contributed by atoms with Crippen molar-refractivity contribution in [1.82, 2.24) is 19.6 Å². The van der Waals surface area contributed by atoms with Gasteiger partial charge in [-0.3, -0.25) is 9.36 Å². The van der Waals surface area contributed by atoms with Crippen molar-refractivity contribution in [1.29, 1.82) is 0 Å². The summed E-state index contributed by atoms with van der Waals surface area (Å²) in [6.07, 6.45) is 0. The van der Waals surface area contributed by atoms with Crippen LogP contribution in [-0.2, 0) is 17.8 Å². The number of amides is 1. The van der Waals surface area contributed by atoms with Gasteiger partial charge in [0.1, 0.15) is 0 Å². The fraction of sp³-hybridized carbons (Fsp3) is 0.389. The summed E-state index contributed by atoms with van der Waals surface area (Å²) in [4.78, 5) is 29.1. The molecule has 0 saturated heterocycles. The van der Waals surface area contributed by atoms with Gasteiger partial charge in [-0.2, -0.15) is 0 Å². The fourth-order valence-corrected chi connectivity index (χ4v) is 2.84. The molecule has 2 heterocycles. The molecular weight excluding hydrogens is 336 g/mol. The van der Waals surface area contributed by atoms with Crippen molar-refractivity contribution in [3.63, 3.8) is 0 Å². The Morgan fingerprint density at radius 1 is 1.38 bits per heavy atom. The van der Waals surface area contributed by atoms with E-state index in [1.807, 2.05) is 13.8 Å². The number of nitrogens with one attached hydrogen (secondary N) is 1. The molecule has 0 aliphatic carbocycles. The van der Waals surface area contributed by atoms with Gasteiger partial charge in [0.05, 0.1) is 36.4 Å². The molecule has 2 aromatic heterocycles. The average Bonchev–Trinajstić information content (AvgIpc) is 3.16. The molecule has 8 heteroatoms. The van der Waals surface area contributed by atoms with Gasteiger partial charge >= 0.3 is 5.69 Å². The van der Waals surface area contributed by atoms with Crippen molar-refractivity contribution in [3.8, 4) is 0 Å². The zero-order valence-corrected chi connectivity index (χ0v) is 15.1. The number of aromatic nitrogens is 3. The van der Waals surface area contributed by atoms with E-state index in [9.17, 15) is 9.59 Å². The number of ether oxygens (including phenoxy) is 1. The van der Waals surface area contributed by atoms with Gasteiger partial charge in [-0.05, 0) is 32.0 Å². The largest absolute Gasteiger partial charge is 0.380 e. The summed E-state index contributed by atoms with van der Waals surface area (Å²) in [5.41, 5.74) is 2.43. The Labute approximate surface area is 150 Å². The van der Waals surface area contributed by atoms with E-state index in [1.165, 1.54) is 0 Å². The van der Waals surface area contributed by atoms with Crippen LogP contribution in [0.1, 0.15) is 28.7 Å². The van der Waals surface area contributed by atoms with E-state index in [0.717, 1.165) is 11.2 Å². The Morgan fingerprint density at radius 2 is 2.19 bits per heavy atom. The van der Waals surface area contributed by atoms with Crippen LogP contribution in [0.15, 0.2) is 33.6 Å². The summed E-state index contributed by atoms with van der Waals surface area (Å²) >= 11 is 0. The first-order chi connectivity index (χ1) is 12.5. The summed E-state index contributed by atoms with van der Waals surface area (Å²) in [6.45, 7) is 5.59. The van der Waals surface area contributed by atoms with Crippen LogP contribution in [0.4, 0.5) is 0 Å². The summed E-state index contributed by atoms with van der Waals surface area (Å²) in [5.74, 6) is 0.457. The molecule has 0 unspecified atom stereocenters. The van der Waals surface area contributed by atoms with Gasteiger partial charge in [0, 0.05) is 25.3 Å². The highest BCUT2D eigenvalue weighted by atomic mass is 16.5. The second-order valence-electron chi connectivity index (χ2n) is 6.11. The topological polar surface area (TPSA) is 93.4 Å². The fourth-order valence-electron chi connectivity index (χ4n) is 2.84. The molecule has 0 spiro atoms. The first kappa shape index (κ1) is 17.9. The third-order valence-electron chi connectivity index (χ3n) is 4.10. The quantitative estimate of drug-likeness (QED) is 0.652. The van der Waals surface area contributed by atoms with Gasteiger partial charge in [0.2, 0.25) is 0 Å². The van der Waals surface area contributed by atoms with Crippen LogP contribution in [0.25, 0.3) is 11.0 Å². The third kappa shape index (κ3) is 3.70. The Balaban J connectivity index is 1.79. The maximum atomic E-state index is 12.6. The minimum absolute atomic E-state index is 0.163. The second-order valence-corrected chi connectivity index (χ2v) is 6.11. The van der Waals surface area contributed by atoms with Crippen LogP contribution in [0, 0.1) is 6.92 Å². The third-order valence-corrected chi connectivity index (χ3v) is 4.10. The van der Waals surface area contributed by atoms with E-state index in [-0.39, 0.29) is 11.6 Å². The van der Waals surface area contributed by atoms with Crippen molar-refractivity contribution in [2.45, 2.75) is 26.9 Å². The lowest BCUT2D eigenvalue weighted by molar-refractivity contribution is 0.0772. The number of H-pyrrole nitrogens is 1. The van der Waals surface area contributed by atoms with Gasteiger partial charge in [-0.15, -0.1) is 0 Å². The Hall–Kier alpha value is -2.87. The number of hydrogen-bond donors (Lipinski definition) is 1. The van der Waals surface area contributed by atoms with Crippen LogP contribution in [0.5, 0.6) is 0 Å². The van der Waals surface area contributed by atoms with Gasteiger partial charge < -0.3 is 19.1 Å². The van der Waals surface area contributed by atoms with Crippen molar-refractivity contribution in [2.24, 2.45) is 0 Å². The van der Waals surface area contributed by atoms with E-state index >= 15 is 0 Å². The van der Waals surface area contributed by atoms with Gasteiger partial charge in [-0.25, -0.2) is 4.79 Å². The molecule has 1 amide bonds. The smallest absolute Gasteiger partial charge is 0.326 e. The molecular formula is C18H22N4O4. The number of imidazole rings is 1. The molecule has 1 aromatic carbocycles. The summed E-state index contributed by atoms with van der Waals surface area (Å²) in [7, 11) is 1.69. The van der Waals surface area contributed by atoms with Crippen LogP contribution >= 0.6 is 0 Å². The molecule has 0 bridgehead atoms. The first-order valence-electron chi connectivity index (χ1n) is 8.47. The highest BCUT2D eigenvalue weighted by molar-refractivity contribution is 5.97. The SMILES string of the molecule is CCOCCn1c(=O)[nH]c2cc(C(=O)N(C)Cc3cc(C)no3)ccc21. The normalized spacial score (nSPS) is 11.2. The molecule has 0 saturated carbocycles. The number of carbonyl (C=O) groups excluding carboxylic acids is 1. The van der Waals surface area contributed by atoms with Crippen molar-refractivity contribution in [3.05, 3.63) is 51.8 Å². The number of fused-ring (bicyclic) bond motifs is 1. The van der Waals surface area contributed by atoms with Crippen LogP contribution in [-0.4, -0.2) is 45.8 Å². The highest BCUT2D eigenvalue weighted by Crippen LogP contribution is 2.15. The molecule has 0 aliphatic rings. The molecule has 26 heavy (non-hydrogen) atoms. The monoisotopic (exact) mass is 358 g/mol. The molecule has 0 radical (unpaired) electrons. The van der Waals surface area contributed by atoms with Crippen LogP contribution in [0.3, 0.4) is 0 Å². The molecule has 3 rings (SSSR count). The predicted octanol–water partition coefficient (Wildman–Crippen LogP) is 1.93. The molecule has 0 aliphatic heterocycles. The molecule has 0 fully saturated rings. The van der Waals surface area contributed by atoms with Crippen molar-refractivity contribution < 1.29 is 14.1 Å². The second kappa shape index (κ2) is 7.57. The van der Waals surface area contributed by atoms with Crippen molar-refractivity contribution >= 4 is 16.9 Å². The average molecular weight is 358 g/mol. The number of carbonyl (C=O) groups is 1. The molecule has 1 N–H and O–H groups in total. The van der Waals surface area contributed by atoms with Gasteiger partial charge in [0.15, 0.2) is 5.76 Å². The zero-order chi connectivity index (χ0) is 18.7. The molecule has 3 aromatic rings. The van der Waals surface area contributed by atoms with Gasteiger partial charge in [0.25, 0.3) is 5.91 Å². The Morgan fingerprint density at radius 3 is 2.88 bits per heavy atom. The maximum Gasteiger partial charge on any atom is 0.326 e. The van der Waals surface area contributed by atoms with E-state index < -0.39 is 0 Å². The van der Waals surface area contributed by atoms with E-state index in [0.29, 0.717) is 43.1 Å². The van der Waals surface area contributed by atoms with Crippen molar-refractivity contribution in [2.75, 3.05) is 20.3 Å². The van der Waals surface area contributed by atoms with Gasteiger partial charge in [-0.1, -0.05) is 5.16 Å². The van der Waals surface area contributed by atoms with Crippen LogP contribution in [0.2, 0.25) is 0 Å². The number of aryl methyl sites for hydroxylation is 1. The lowest BCUT2D eigenvalue weighted by Gasteiger charge is -2.15. The number of rotatable bonds is 7. The Kier molecular flexibility index (Phi) is 5.22. The molecule has 8 nitrogen and oxygen atoms in total. The zero-order valence-electron chi connectivity index (χ0n) is 15.1. The molecule has 138 valence electrons. The summed E-state index contributed by atoms with van der Waals surface area (Å²) in [5, 5.41) is 3.82. The minimum atomic E-state index is -0.213. The number of benzene rings is 1. The highest BCUT2D eigenvalue weighted by Gasteiger charge is 2.16. The standard InChI is InChI=1S/C18H22N4O4/c1-4-25-8-7-22-16-6-5-13(10-15(16)19-18(22)24)17(23)21(3)11-14-9-12(2)20-26-14/h5-6,9-10H,4,7-8,11H2,1-3H3,(H,19,24). The summed E-state index contributed by atoms with van der Waals surface area (Å²) in [6, 6.07) is 6.98. The predicted molar refractivity (Wildman–Crippen MR) is 96.1 cm³/mol.